The number of aromatic nitrogens is 4. The third-order valence-corrected chi connectivity index (χ3v) is 3.08. The van der Waals surface area contributed by atoms with Gasteiger partial charge in [-0.2, -0.15) is 0 Å². The van der Waals surface area contributed by atoms with Crippen molar-refractivity contribution in [2.45, 2.75) is 0 Å². The summed E-state index contributed by atoms with van der Waals surface area (Å²) >= 11 is 0. The van der Waals surface area contributed by atoms with E-state index in [1.165, 1.54) is 12.4 Å². The molecule has 0 spiro atoms. The van der Waals surface area contributed by atoms with Gasteiger partial charge < -0.3 is 8.83 Å². The fourth-order valence-corrected chi connectivity index (χ4v) is 2.06. The molecule has 0 aliphatic rings. The lowest BCUT2D eigenvalue weighted by atomic mass is 10.2. The Morgan fingerprint density at radius 1 is 0.955 bits per heavy atom. The normalized spacial score (nSPS) is 10.9. The number of rotatable bonds is 2. The van der Waals surface area contributed by atoms with Crippen LogP contribution in [0.25, 0.3) is 34.0 Å². The molecule has 0 unspecified atom stereocenters. The molecular formula is C15H8N4O3. The highest BCUT2D eigenvalue weighted by atomic mass is 16.4. The van der Waals surface area contributed by atoms with Gasteiger partial charge in [-0.1, -0.05) is 18.2 Å². The highest BCUT2D eigenvalue weighted by Crippen LogP contribution is 2.22. The van der Waals surface area contributed by atoms with E-state index in [1.807, 2.05) is 12.1 Å². The third kappa shape index (κ3) is 2.05. The number of hydrogen-bond donors (Lipinski definition) is 0. The van der Waals surface area contributed by atoms with E-state index in [1.54, 1.807) is 24.4 Å². The summed E-state index contributed by atoms with van der Waals surface area (Å²) in [7, 11) is 0. The molecule has 4 aromatic rings. The smallest absolute Gasteiger partial charge is 0.349 e. The molecule has 1 aromatic carbocycles. The minimum atomic E-state index is -0.534. The minimum Gasteiger partial charge on any atom is -0.422 e. The molecule has 3 aromatic heterocycles. The Balaban J connectivity index is 1.84. The van der Waals surface area contributed by atoms with E-state index >= 15 is 0 Å². The molecule has 7 heteroatoms. The van der Waals surface area contributed by atoms with Crippen molar-refractivity contribution in [3.63, 3.8) is 0 Å². The molecule has 4 rings (SSSR count). The van der Waals surface area contributed by atoms with Crippen LogP contribution in [0.2, 0.25) is 0 Å². The number of para-hydroxylation sites is 1. The van der Waals surface area contributed by atoms with Crippen LogP contribution >= 0.6 is 0 Å². The largest absolute Gasteiger partial charge is 0.422 e. The molecule has 0 bridgehead atoms. The summed E-state index contributed by atoms with van der Waals surface area (Å²) in [6.45, 7) is 0. The Morgan fingerprint density at radius 2 is 1.82 bits per heavy atom. The van der Waals surface area contributed by atoms with Crippen molar-refractivity contribution < 1.29 is 8.83 Å². The van der Waals surface area contributed by atoms with Gasteiger partial charge in [0.25, 0.3) is 11.8 Å². The molecular weight excluding hydrogens is 284 g/mol. The summed E-state index contributed by atoms with van der Waals surface area (Å²) in [5.74, 6) is 0.274. The summed E-state index contributed by atoms with van der Waals surface area (Å²) in [4.78, 5) is 20.1. The van der Waals surface area contributed by atoms with Crippen LogP contribution < -0.4 is 5.63 Å². The summed E-state index contributed by atoms with van der Waals surface area (Å²) < 4.78 is 10.8. The first kappa shape index (κ1) is 12.4. The van der Waals surface area contributed by atoms with Gasteiger partial charge in [0, 0.05) is 17.8 Å². The van der Waals surface area contributed by atoms with Gasteiger partial charge in [0.15, 0.2) is 0 Å². The number of benzene rings is 1. The van der Waals surface area contributed by atoms with Crippen LogP contribution in [0, 0.1) is 0 Å². The maximum absolute atomic E-state index is 12.1. The molecule has 22 heavy (non-hydrogen) atoms. The lowest BCUT2D eigenvalue weighted by molar-refractivity contribution is 0.546. The highest BCUT2D eigenvalue weighted by Gasteiger charge is 2.16. The average Bonchev–Trinajstić information content (AvgIpc) is 3.05. The van der Waals surface area contributed by atoms with Gasteiger partial charge in [-0.3, -0.25) is 4.98 Å². The highest BCUT2D eigenvalue weighted by molar-refractivity contribution is 5.80. The third-order valence-electron chi connectivity index (χ3n) is 3.08. The van der Waals surface area contributed by atoms with Crippen molar-refractivity contribution in [2.75, 3.05) is 0 Å². The van der Waals surface area contributed by atoms with Gasteiger partial charge in [0.1, 0.15) is 16.8 Å². The van der Waals surface area contributed by atoms with Gasteiger partial charge in [-0.05, 0) is 12.1 Å². The lowest BCUT2D eigenvalue weighted by Crippen LogP contribution is -2.02. The second-order valence-electron chi connectivity index (χ2n) is 4.49. The summed E-state index contributed by atoms with van der Waals surface area (Å²) in [6.07, 6.45) is 4.56. The van der Waals surface area contributed by atoms with E-state index in [-0.39, 0.29) is 17.3 Å². The van der Waals surface area contributed by atoms with E-state index < -0.39 is 5.63 Å². The van der Waals surface area contributed by atoms with Crippen molar-refractivity contribution in [1.82, 2.24) is 20.2 Å². The quantitative estimate of drug-likeness (QED) is 0.523. The molecule has 3 heterocycles. The van der Waals surface area contributed by atoms with E-state index in [2.05, 4.69) is 20.2 Å². The molecule has 0 fully saturated rings. The van der Waals surface area contributed by atoms with Crippen LogP contribution in [-0.4, -0.2) is 20.2 Å². The van der Waals surface area contributed by atoms with Gasteiger partial charge in [0.2, 0.25) is 0 Å². The van der Waals surface area contributed by atoms with E-state index in [0.717, 1.165) is 5.39 Å². The van der Waals surface area contributed by atoms with Crippen LogP contribution in [0.1, 0.15) is 0 Å². The minimum absolute atomic E-state index is 0.0835. The van der Waals surface area contributed by atoms with Crippen LogP contribution in [0.15, 0.2) is 62.6 Å². The van der Waals surface area contributed by atoms with Crippen molar-refractivity contribution in [3.05, 3.63) is 59.3 Å². The Kier molecular flexibility index (Phi) is 2.75. The fourth-order valence-electron chi connectivity index (χ4n) is 2.06. The van der Waals surface area contributed by atoms with Crippen LogP contribution in [0.5, 0.6) is 0 Å². The zero-order valence-corrected chi connectivity index (χ0v) is 11.1. The fraction of sp³-hybridized carbons (Fsp3) is 0. The molecule has 0 atom stereocenters. The number of hydrogen-bond acceptors (Lipinski definition) is 7. The Morgan fingerprint density at radius 3 is 2.68 bits per heavy atom. The first-order valence-corrected chi connectivity index (χ1v) is 6.44. The molecule has 106 valence electrons. The van der Waals surface area contributed by atoms with Crippen molar-refractivity contribution in [1.29, 1.82) is 0 Å². The molecule has 7 nitrogen and oxygen atoms in total. The van der Waals surface area contributed by atoms with Gasteiger partial charge >= 0.3 is 5.63 Å². The van der Waals surface area contributed by atoms with E-state index in [0.29, 0.717) is 11.3 Å². The van der Waals surface area contributed by atoms with Crippen LogP contribution in [0.4, 0.5) is 0 Å². The molecule has 0 amide bonds. The Hall–Kier alpha value is -3.35. The Bertz CT molecular complexity index is 1010. The molecule has 0 radical (unpaired) electrons. The summed E-state index contributed by atoms with van der Waals surface area (Å²) in [5, 5.41) is 8.54. The zero-order chi connectivity index (χ0) is 14.9. The second kappa shape index (κ2) is 4.88. The van der Waals surface area contributed by atoms with Gasteiger partial charge in [-0.15, -0.1) is 10.2 Å². The molecule has 0 saturated carbocycles. The standard InChI is InChI=1S/C15H8N4O3/c20-15-10(7-9-3-1-2-4-12(9)21-15)13-18-19-14(22-13)11-8-16-5-6-17-11/h1-8H. The summed E-state index contributed by atoms with van der Waals surface area (Å²) in [6, 6.07) is 8.87. The molecule has 0 aliphatic heterocycles. The molecule has 0 aliphatic carbocycles. The van der Waals surface area contributed by atoms with Crippen molar-refractivity contribution in [2.24, 2.45) is 0 Å². The molecule has 0 N–H and O–H groups in total. The van der Waals surface area contributed by atoms with Crippen molar-refractivity contribution >= 4 is 11.0 Å². The van der Waals surface area contributed by atoms with Gasteiger partial charge in [0.05, 0.1) is 6.20 Å². The van der Waals surface area contributed by atoms with Crippen LogP contribution in [0.3, 0.4) is 0 Å². The van der Waals surface area contributed by atoms with Gasteiger partial charge in [-0.25, -0.2) is 9.78 Å². The lowest BCUT2D eigenvalue weighted by Gasteiger charge is -1.97. The first-order chi connectivity index (χ1) is 10.8. The topological polar surface area (TPSA) is 94.9 Å². The monoisotopic (exact) mass is 292 g/mol. The maximum atomic E-state index is 12.1. The van der Waals surface area contributed by atoms with E-state index in [9.17, 15) is 4.79 Å². The zero-order valence-electron chi connectivity index (χ0n) is 11.1. The maximum Gasteiger partial charge on any atom is 0.349 e. The molecule has 0 saturated heterocycles. The number of fused-ring (bicyclic) bond motifs is 1. The predicted octanol–water partition coefficient (Wildman–Crippen LogP) is 2.30. The Labute approximate surface area is 123 Å². The predicted molar refractivity (Wildman–Crippen MR) is 76.8 cm³/mol. The SMILES string of the molecule is O=c1oc2ccccc2cc1-c1nnc(-c2cnccn2)o1. The average molecular weight is 292 g/mol. The van der Waals surface area contributed by atoms with Crippen molar-refractivity contribution in [3.8, 4) is 23.0 Å². The first-order valence-electron chi connectivity index (χ1n) is 6.44. The second-order valence-corrected chi connectivity index (χ2v) is 4.49. The summed E-state index contributed by atoms with van der Waals surface area (Å²) in [5.41, 5.74) is 0.616. The van der Waals surface area contributed by atoms with Crippen LogP contribution in [-0.2, 0) is 0 Å². The van der Waals surface area contributed by atoms with E-state index in [4.69, 9.17) is 8.83 Å². The number of nitrogens with zero attached hydrogens (tertiary/aromatic N) is 4.